The zero-order valence-corrected chi connectivity index (χ0v) is 8.63. The summed E-state index contributed by atoms with van der Waals surface area (Å²) in [7, 11) is 0. The van der Waals surface area contributed by atoms with E-state index in [0.29, 0.717) is 0 Å². The van der Waals surface area contributed by atoms with E-state index >= 15 is 0 Å². The summed E-state index contributed by atoms with van der Waals surface area (Å²) in [5.74, 6) is 6.01. The summed E-state index contributed by atoms with van der Waals surface area (Å²) < 4.78 is 0.168. The molecule has 0 aromatic rings. The van der Waals surface area contributed by atoms with Crippen molar-refractivity contribution in [2.75, 3.05) is 0 Å². The molecule has 0 aromatic heterocycles. The molecule has 0 aromatic carbocycles. The van der Waals surface area contributed by atoms with Crippen molar-refractivity contribution in [1.29, 1.82) is 0 Å². The van der Waals surface area contributed by atoms with Crippen molar-refractivity contribution in [1.82, 2.24) is 0 Å². The third kappa shape index (κ3) is 8.58. The van der Waals surface area contributed by atoms with Gasteiger partial charge in [-0.25, -0.2) is 0 Å². The Labute approximate surface area is 73.8 Å². The molecule has 0 aliphatic rings. The van der Waals surface area contributed by atoms with E-state index in [2.05, 4.69) is 50.2 Å². The van der Waals surface area contributed by atoms with E-state index in [1.807, 2.05) is 0 Å². The van der Waals surface area contributed by atoms with Gasteiger partial charge in [0.15, 0.2) is 0 Å². The minimum atomic E-state index is 0.168. The Kier molecular flexibility index (Phi) is 7.14. The lowest BCUT2D eigenvalue weighted by Crippen LogP contribution is -1.81. The first kappa shape index (κ1) is 9.58. The Morgan fingerprint density at radius 3 is 2.56 bits per heavy atom. The molecule has 0 amide bonds. The van der Waals surface area contributed by atoms with Crippen LogP contribution >= 0.6 is 31.5 Å². The van der Waals surface area contributed by atoms with Crippen LogP contribution in [0.2, 0.25) is 0 Å². The lowest BCUT2D eigenvalue weighted by molar-refractivity contribution is 0.828. The smallest absolute Gasteiger partial charge is 0.124 e. The van der Waals surface area contributed by atoms with E-state index in [9.17, 15) is 0 Å². The molecule has 0 aliphatic heterocycles. The van der Waals surface area contributed by atoms with Gasteiger partial charge in [0.2, 0.25) is 0 Å². The molecule has 0 saturated heterocycles. The highest BCUT2D eigenvalue weighted by molar-refractivity contribution is 9.49. The van der Waals surface area contributed by atoms with Gasteiger partial charge in [-0.1, -0.05) is 13.3 Å². The Morgan fingerprint density at radius 1 is 1.44 bits per heavy atom. The van der Waals surface area contributed by atoms with Crippen molar-refractivity contribution in [3.63, 3.8) is 0 Å². The van der Waals surface area contributed by atoms with E-state index in [1.165, 1.54) is 12.8 Å². The van der Waals surface area contributed by atoms with E-state index < -0.39 is 0 Å². The number of unbranched alkanes of at least 4 members (excludes halogenated alkanes) is 2. The molecular weight excluding hydrogens is 243 g/mol. The fourth-order valence-electron chi connectivity index (χ4n) is 0.414. The molecule has 50 valence electrons. The van der Waals surface area contributed by atoms with Gasteiger partial charge in [0, 0.05) is 6.42 Å². The molecule has 0 radical (unpaired) electrons. The van der Waals surface area contributed by atoms with Crippen LogP contribution in [0, 0.1) is 11.7 Å². The molecule has 3 heteroatoms. The van der Waals surface area contributed by atoms with Crippen molar-refractivity contribution < 1.29 is 0 Å². The van der Waals surface area contributed by atoms with E-state index in [-0.39, 0.29) is 4.36 Å². The first-order chi connectivity index (χ1) is 4.27. The normalized spacial score (nSPS) is 7.89. The highest BCUT2D eigenvalue weighted by Crippen LogP contribution is 1.99. The zero-order valence-electron chi connectivity index (χ0n) is 5.45. The highest BCUT2D eigenvalue weighted by Gasteiger charge is 1.93. The first-order valence-corrected chi connectivity index (χ1v) is 4.87. The lowest BCUT2D eigenvalue weighted by atomic mass is 10.1. The summed E-state index contributed by atoms with van der Waals surface area (Å²) in [6.07, 6.45) is 3.45. The largest absolute Gasteiger partial charge is 0.378 e. The second kappa shape index (κ2) is 6.70. The van der Waals surface area contributed by atoms with Crippen LogP contribution < -0.4 is 0 Å². The van der Waals surface area contributed by atoms with Gasteiger partial charge >= 0.3 is 4.36 Å². The summed E-state index contributed by atoms with van der Waals surface area (Å²) in [6, 6.07) is 0. The molecule has 0 heterocycles. The van der Waals surface area contributed by atoms with Gasteiger partial charge < -0.3 is 0 Å². The summed E-state index contributed by atoms with van der Waals surface area (Å²) >= 11 is 6.54. The van der Waals surface area contributed by atoms with Crippen LogP contribution in [-0.4, -0.2) is 4.36 Å². The second-order valence-corrected chi connectivity index (χ2v) is 4.79. The summed E-state index contributed by atoms with van der Waals surface area (Å²) in [4.78, 5) is 0. The van der Waals surface area contributed by atoms with Crippen molar-refractivity contribution in [2.24, 2.45) is 0 Å². The van der Waals surface area contributed by atoms with Crippen LogP contribution in [0.4, 0.5) is 0 Å². The monoisotopic (exact) mass is 250 g/mol. The number of hydrogen-bond donors (Lipinski definition) is 0. The summed E-state index contributed by atoms with van der Waals surface area (Å²) in [5.41, 5.74) is 0. The average Bonchev–Trinajstić information content (AvgIpc) is 1.80. The molecule has 0 unspecified atom stereocenters. The molecule has 0 bridgehead atoms. The SMILES string of the molecule is CCCCC#CB(Br)Br. The average molecular weight is 252 g/mol. The summed E-state index contributed by atoms with van der Waals surface area (Å²) in [5, 5.41) is 0. The van der Waals surface area contributed by atoms with E-state index in [0.717, 1.165) is 6.42 Å². The van der Waals surface area contributed by atoms with Crippen LogP contribution in [0.1, 0.15) is 26.2 Å². The van der Waals surface area contributed by atoms with Crippen LogP contribution in [-0.2, 0) is 0 Å². The van der Waals surface area contributed by atoms with Gasteiger partial charge in [-0.15, -0.1) is 43.3 Å². The number of rotatable bonds is 2. The maximum Gasteiger partial charge on any atom is 0.378 e. The van der Waals surface area contributed by atoms with Gasteiger partial charge in [-0.3, -0.25) is 0 Å². The quantitative estimate of drug-likeness (QED) is 0.402. The van der Waals surface area contributed by atoms with Gasteiger partial charge in [-0.2, -0.15) is 0 Å². The molecule has 0 fully saturated rings. The second-order valence-electron chi connectivity index (χ2n) is 1.73. The minimum absolute atomic E-state index is 0.168. The minimum Gasteiger partial charge on any atom is -0.124 e. The third-order valence-electron chi connectivity index (χ3n) is 0.867. The van der Waals surface area contributed by atoms with Gasteiger partial charge in [-0.05, 0) is 6.42 Å². The Morgan fingerprint density at radius 2 is 2.11 bits per heavy atom. The van der Waals surface area contributed by atoms with Crippen LogP contribution in [0.3, 0.4) is 0 Å². The fraction of sp³-hybridized carbons (Fsp3) is 0.667. The fourth-order valence-corrected chi connectivity index (χ4v) is 0.738. The standard InChI is InChI=1S/C6H9BBr2/c1-2-3-4-5-6-7(8)9/h2-4H2,1H3. The topological polar surface area (TPSA) is 0 Å². The van der Waals surface area contributed by atoms with E-state index in [4.69, 9.17) is 0 Å². The van der Waals surface area contributed by atoms with Crippen LogP contribution in [0.25, 0.3) is 0 Å². The van der Waals surface area contributed by atoms with Crippen LogP contribution in [0.5, 0.6) is 0 Å². The zero-order chi connectivity index (χ0) is 7.11. The molecule has 0 saturated carbocycles. The van der Waals surface area contributed by atoms with Gasteiger partial charge in [0.25, 0.3) is 0 Å². The lowest BCUT2D eigenvalue weighted by Gasteiger charge is -1.83. The molecule has 0 atom stereocenters. The maximum absolute atomic E-state index is 3.27. The molecule has 0 aliphatic carbocycles. The molecule has 9 heavy (non-hydrogen) atoms. The van der Waals surface area contributed by atoms with Crippen molar-refractivity contribution in [3.05, 3.63) is 0 Å². The Hall–Kier alpha value is 0.585. The van der Waals surface area contributed by atoms with Gasteiger partial charge in [0.05, 0.1) is 0 Å². The highest BCUT2D eigenvalue weighted by atomic mass is 79.9. The van der Waals surface area contributed by atoms with Crippen molar-refractivity contribution in [2.45, 2.75) is 26.2 Å². The van der Waals surface area contributed by atoms with E-state index in [1.54, 1.807) is 0 Å². The number of halogens is 2. The predicted molar refractivity (Wildman–Crippen MR) is 50.9 cm³/mol. The molecule has 0 rings (SSSR count). The van der Waals surface area contributed by atoms with Crippen molar-refractivity contribution in [3.8, 4) is 11.7 Å². The predicted octanol–water partition coefficient (Wildman–Crippen LogP) is 3.00. The Bertz CT molecular complexity index is 112. The number of hydrogen-bond acceptors (Lipinski definition) is 0. The third-order valence-corrected chi connectivity index (χ3v) is 1.32. The Balaban J connectivity index is 3.16. The van der Waals surface area contributed by atoms with Crippen molar-refractivity contribution >= 4 is 35.9 Å². The van der Waals surface area contributed by atoms with Crippen LogP contribution in [0.15, 0.2) is 0 Å². The molecule has 0 N–H and O–H groups in total. The first-order valence-electron chi connectivity index (χ1n) is 3.04. The molecule has 0 nitrogen and oxygen atoms in total. The van der Waals surface area contributed by atoms with Gasteiger partial charge in [0.1, 0.15) is 0 Å². The summed E-state index contributed by atoms with van der Waals surface area (Å²) in [6.45, 7) is 2.17. The molecular formula is C6H9BBr2. The molecule has 0 spiro atoms. The maximum atomic E-state index is 3.27.